The molecule has 2 rings (SSSR count). The molecule has 0 radical (unpaired) electrons. The molecule has 5 nitrogen and oxygen atoms in total. The van der Waals surface area contributed by atoms with Gasteiger partial charge in [-0.15, -0.1) is 0 Å². The Labute approximate surface area is 107 Å². The van der Waals surface area contributed by atoms with Crippen LogP contribution in [0.5, 0.6) is 0 Å². The standard InChI is InChI=1S/C12H18N2O3S/c1-2-10-8-9-12(13-14(10)15)18(16,17)11-6-4-3-5-7-11/h8-9,11H,2-7H2,1H3. The summed E-state index contributed by atoms with van der Waals surface area (Å²) in [6.45, 7) is 1.83. The van der Waals surface area contributed by atoms with Crippen LogP contribution in [0, 0.1) is 5.21 Å². The lowest BCUT2D eigenvalue weighted by Gasteiger charge is -2.20. The molecule has 0 N–H and O–H groups in total. The maximum absolute atomic E-state index is 12.3. The second kappa shape index (κ2) is 5.22. The number of rotatable bonds is 3. The number of sulfone groups is 1. The quantitative estimate of drug-likeness (QED) is 0.614. The summed E-state index contributed by atoms with van der Waals surface area (Å²) in [5.74, 6) is 0. The van der Waals surface area contributed by atoms with Crippen molar-refractivity contribution in [1.29, 1.82) is 0 Å². The minimum absolute atomic E-state index is 0.0819. The first-order chi connectivity index (χ1) is 8.55. The van der Waals surface area contributed by atoms with E-state index in [0.29, 0.717) is 29.8 Å². The molecule has 1 saturated carbocycles. The van der Waals surface area contributed by atoms with Crippen LogP contribution in [0.1, 0.15) is 44.7 Å². The zero-order valence-corrected chi connectivity index (χ0v) is 11.3. The van der Waals surface area contributed by atoms with Gasteiger partial charge in [0.2, 0.25) is 20.6 Å². The van der Waals surface area contributed by atoms with Gasteiger partial charge in [-0.25, -0.2) is 8.42 Å². The Morgan fingerprint density at radius 3 is 2.56 bits per heavy atom. The van der Waals surface area contributed by atoms with Crippen LogP contribution in [0.2, 0.25) is 0 Å². The Kier molecular flexibility index (Phi) is 3.85. The number of aromatic nitrogens is 2. The molecule has 1 aromatic heterocycles. The SMILES string of the molecule is CCc1ccc(S(=O)(=O)C2CCCCC2)n[n+]1[O-]. The van der Waals surface area contributed by atoms with Crippen LogP contribution in [0.3, 0.4) is 0 Å². The van der Waals surface area contributed by atoms with Gasteiger partial charge >= 0.3 is 0 Å². The van der Waals surface area contributed by atoms with E-state index in [1.54, 1.807) is 6.07 Å². The van der Waals surface area contributed by atoms with Gasteiger partial charge in [0.1, 0.15) is 0 Å². The lowest BCUT2D eigenvalue weighted by Crippen LogP contribution is -2.38. The Hall–Kier alpha value is -1.17. The van der Waals surface area contributed by atoms with Gasteiger partial charge < -0.3 is 5.21 Å². The fourth-order valence-electron chi connectivity index (χ4n) is 2.37. The molecule has 0 saturated heterocycles. The largest absolute Gasteiger partial charge is 0.594 e. The summed E-state index contributed by atoms with van der Waals surface area (Å²) in [6, 6.07) is 3.01. The first kappa shape index (κ1) is 13.3. The van der Waals surface area contributed by atoms with Crippen molar-refractivity contribution in [3.05, 3.63) is 23.0 Å². The van der Waals surface area contributed by atoms with Gasteiger partial charge in [0.25, 0.3) is 0 Å². The Bertz CT molecular complexity index is 522. The maximum atomic E-state index is 12.3. The monoisotopic (exact) mass is 270 g/mol. The third-order valence-corrected chi connectivity index (χ3v) is 5.65. The van der Waals surface area contributed by atoms with Crippen molar-refractivity contribution in [2.75, 3.05) is 0 Å². The van der Waals surface area contributed by atoms with Gasteiger partial charge in [-0.3, -0.25) is 0 Å². The average Bonchev–Trinajstić information content (AvgIpc) is 2.39. The van der Waals surface area contributed by atoms with E-state index in [9.17, 15) is 13.6 Å². The van der Waals surface area contributed by atoms with Crippen molar-refractivity contribution in [3.8, 4) is 0 Å². The van der Waals surface area contributed by atoms with Gasteiger partial charge in [0.05, 0.1) is 5.25 Å². The highest BCUT2D eigenvalue weighted by Crippen LogP contribution is 2.27. The molecule has 0 amide bonds. The van der Waals surface area contributed by atoms with E-state index < -0.39 is 9.84 Å². The number of aryl methyl sites for hydroxylation is 1. The molecule has 1 aromatic rings. The molecule has 0 unspecified atom stereocenters. The van der Waals surface area contributed by atoms with Gasteiger partial charge in [0.15, 0.2) is 0 Å². The van der Waals surface area contributed by atoms with Crippen molar-refractivity contribution in [2.45, 2.75) is 55.7 Å². The van der Waals surface area contributed by atoms with Crippen LogP contribution < -0.4 is 4.85 Å². The summed E-state index contributed by atoms with van der Waals surface area (Å²) in [5.41, 5.74) is 0.484. The molecule has 0 aromatic carbocycles. The van der Waals surface area contributed by atoms with Crippen molar-refractivity contribution >= 4 is 9.84 Å². The summed E-state index contributed by atoms with van der Waals surface area (Å²) in [7, 11) is -3.44. The first-order valence-corrected chi connectivity index (χ1v) is 7.94. The van der Waals surface area contributed by atoms with Gasteiger partial charge in [-0.05, 0) is 18.9 Å². The van der Waals surface area contributed by atoms with Crippen molar-refractivity contribution in [1.82, 2.24) is 5.10 Å². The summed E-state index contributed by atoms with van der Waals surface area (Å²) in [6.07, 6.45) is 4.87. The third-order valence-electron chi connectivity index (χ3n) is 3.50. The van der Waals surface area contributed by atoms with Crippen LogP contribution in [0.15, 0.2) is 17.2 Å². The molecule has 0 aliphatic heterocycles. The third kappa shape index (κ3) is 2.48. The molecule has 1 fully saturated rings. The minimum Gasteiger partial charge on any atom is -0.594 e. The molecule has 0 atom stereocenters. The van der Waals surface area contributed by atoms with Crippen molar-refractivity contribution < 1.29 is 13.3 Å². The van der Waals surface area contributed by atoms with Crippen LogP contribution in [0.4, 0.5) is 0 Å². The predicted octanol–water partition coefficient (Wildman–Crippen LogP) is 1.38. The topological polar surface area (TPSA) is 74.0 Å². The normalized spacial score (nSPS) is 17.8. The number of hydrogen-bond donors (Lipinski definition) is 0. The van der Waals surface area contributed by atoms with Crippen LogP contribution in [0.25, 0.3) is 0 Å². The highest BCUT2D eigenvalue weighted by Gasteiger charge is 2.31. The molecular weight excluding hydrogens is 252 g/mol. The zero-order valence-electron chi connectivity index (χ0n) is 10.5. The molecule has 0 bridgehead atoms. The smallest absolute Gasteiger partial charge is 0.224 e. The molecule has 1 aliphatic carbocycles. The molecule has 1 heterocycles. The summed E-state index contributed by atoms with van der Waals surface area (Å²) < 4.78 is 24.6. The molecule has 18 heavy (non-hydrogen) atoms. The Morgan fingerprint density at radius 2 is 2.00 bits per heavy atom. The van der Waals surface area contributed by atoms with E-state index in [2.05, 4.69) is 5.10 Å². The summed E-state index contributed by atoms with van der Waals surface area (Å²) in [4.78, 5) is 0.426. The van der Waals surface area contributed by atoms with E-state index in [0.717, 1.165) is 19.3 Å². The van der Waals surface area contributed by atoms with Crippen molar-refractivity contribution in [2.24, 2.45) is 0 Å². The zero-order chi connectivity index (χ0) is 13.2. The van der Waals surface area contributed by atoms with E-state index in [4.69, 9.17) is 0 Å². The highest BCUT2D eigenvalue weighted by atomic mass is 32.2. The van der Waals surface area contributed by atoms with Crippen LogP contribution in [-0.4, -0.2) is 18.8 Å². The summed E-state index contributed by atoms with van der Waals surface area (Å²) >= 11 is 0. The Balaban J connectivity index is 2.32. The molecular formula is C12H18N2O3S. The number of nitrogens with zero attached hydrogens (tertiary/aromatic N) is 2. The first-order valence-electron chi connectivity index (χ1n) is 6.39. The maximum Gasteiger partial charge on any atom is 0.224 e. The van der Waals surface area contributed by atoms with Crippen LogP contribution >= 0.6 is 0 Å². The summed E-state index contributed by atoms with van der Waals surface area (Å²) in [5, 5.41) is 14.8. The lowest BCUT2D eigenvalue weighted by molar-refractivity contribution is -0.680. The van der Waals surface area contributed by atoms with Gasteiger partial charge in [-0.1, -0.05) is 31.0 Å². The molecule has 100 valence electrons. The van der Waals surface area contributed by atoms with Gasteiger partial charge in [-0.2, -0.15) is 0 Å². The molecule has 6 heteroatoms. The molecule has 0 spiro atoms. The Morgan fingerprint density at radius 1 is 1.33 bits per heavy atom. The molecule has 1 aliphatic rings. The fourth-order valence-corrected chi connectivity index (χ4v) is 4.11. The van der Waals surface area contributed by atoms with Gasteiger partial charge in [0, 0.05) is 17.6 Å². The predicted molar refractivity (Wildman–Crippen MR) is 66.6 cm³/mol. The van der Waals surface area contributed by atoms with Crippen molar-refractivity contribution in [3.63, 3.8) is 0 Å². The second-order valence-electron chi connectivity index (χ2n) is 4.69. The highest BCUT2D eigenvalue weighted by molar-refractivity contribution is 7.92. The van der Waals surface area contributed by atoms with E-state index in [1.807, 2.05) is 6.92 Å². The van der Waals surface area contributed by atoms with Crippen LogP contribution in [-0.2, 0) is 16.3 Å². The minimum atomic E-state index is -3.44. The van der Waals surface area contributed by atoms with E-state index in [-0.39, 0.29) is 10.3 Å². The fraction of sp³-hybridized carbons (Fsp3) is 0.667. The average molecular weight is 270 g/mol. The number of hydrogen-bond acceptors (Lipinski definition) is 4. The second-order valence-corrected chi connectivity index (χ2v) is 6.87. The van der Waals surface area contributed by atoms with E-state index >= 15 is 0 Å². The lowest BCUT2D eigenvalue weighted by atomic mass is 10.0. The van der Waals surface area contributed by atoms with E-state index in [1.165, 1.54) is 6.07 Å².